The van der Waals surface area contributed by atoms with Crippen LogP contribution in [0.25, 0.3) is 6.08 Å². The van der Waals surface area contributed by atoms with Crippen molar-refractivity contribution in [1.82, 2.24) is 5.43 Å². The molecule has 7 heteroatoms. The van der Waals surface area contributed by atoms with Crippen LogP contribution < -0.4 is 10.4 Å². The number of anilines is 1. The van der Waals surface area contributed by atoms with Crippen molar-refractivity contribution < 1.29 is 19.8 Å². The molecule has 0 aromatic heterocycles. The summed E-state index contributed by atoms with van der Waals surface area (Å²) >= 11 is 2.14. The maximum atomic E-state index is 12.4. The van der Waals surface area contributed by atoms with E-state index in [1.807, 2.05) is 12.1 Å². The maximum Gasteiger partial charge on any atom is 0.282 e. The summed E-state index contributed by atoms with van der Waals surface area (Å²) in [6, 6.07) is 11.0. The average molecular weight is 422 g/mol. The first-order chi connectivity index (χ1) is 11.0. The Morgan fingerprint density at radius 3 is 2.39 bits per heavy atom. The first kappa shape index (κ1) is 15.3. The second kappa shape index (κ2) is 5.92. The zero-order valence-corrected chi connectivity index (χ0v) is 13.8. The van der Waals surface area contributed by atoms with Crippen LogP contribution >= 0.6 is 22.6 Å². The summed E-state index contributed by atoms with van der Waals surface area (Å²) in [5.74, 6) is -1.39. The van der Waals surface area contributed by atoms with E-state index in [-0.39, 0.29) is 22.6 Å². The Labute approximate surface area is 145 Å². The zero-order valence-electron chi connectivity index (χ0n) is 11.7. The predicted octanol–water partition coefficient (Wildman–Crippen LogP) is 2.16. The lowest BCUT2D eigenvalue weighted by Gasteiger charge is -2.14. The molecule has 0 bridgehead atoms. The van der Waals surface area contributed by atoms with Crippen LogP contribution in [0, 0.1) is 3.57 Å². The van der Waals surface area contributed by atoms with Crippen LogP contribution in [0.4, 0.5) is 5.69 Å². The lowest BCUT2D eigenvalue weighted by Crippen LogP contribution is -2.35. The number of nitrogens with zero attached hydrogens (tertiary/aromatic N) is 1. The Hall–Kier alpha value is -2.55. The van der Waals surface area contributed by atoms with Gasteiger partial charge in [0.25, 0.3) is 11.8 Å². The largest absolute Gasteiger partial charge is 0.508 e. The summed E-state index contributed by atoms with van der Waals surface area (Å²) in [7, 11) is 0. The van der Waals surface area contributed by atoms with Gasteiger partial charge in [-0.1, -0.05) is 0 Å². The van der Waals surface area contributed by atoms with Gasteiger partial charge in [0, 0.05) is 15.2 Å². The van der Waals surface area contributed by atoms with Crippen LogP contribution in [-0.2, 0) is 9.59 Å². The number of aromatic hydroxyl groups is 2. The normalized spacial score (nSPS) is 16.0. The molecule has 6 nitrogen and oxygen atoms in total. The molecule has 0 aliphatic carbocycles. The molecular weight excluding hydrogens is 411 g/mol. The number of phenolic OH excluding ortho intramolecular Hbond substituents is 2. The molecule has 116 valence electrons. The lowest BCUT2D eigenvalue weighted by atomic mass is 10.1. The van der Waals surface area contributed by atoms with Gasteiger partial charge >= 0.3 is 0 Å². The van der Waals surface area contributed by atoms with E-state index < -0.39 is 11.8 Å². The van der Waals surface area contributed by atoms with Gasteiger partial charge in [-0.3, -0.25) is 15.0 Å². The lowest BCUT2D eigenvalue weighted by molar-refractivity contribution is -0.117. The fourth-order valence-corrected chi connectivity index (χ4v) is 2.50. The number of hydrogen-bond donors (Lipinski definition) is 3. The van der Waals surface area contributed by atoms with Crippen LogP contribution in [0.3, 0.4) is 0 Å². The van der Waals surface area contributed by atoms with Gasteiger partial charge in [-0.25, -0.2) is 5.01 Å². The number of hydrogen-bond acceptors (Lipinski definition) is 4. The van der Waals surface area contributed by atoms with E-state index in [9.17, 15) is 19.8 Å². The van der Waals surface area contributed by atoms with Gasteiger partial charge < -0.3 is 10.2 Å². The molecule has 1 aliphatic rings. The van der Waals surface area contributed by atoms with E-state index in [0.29, 0.717) is 5.69 Å². The maximum absolute atomic E-state index is 12.4. The van der Waals surface area contributed by atoms with Crippen LogP contribution in [0.15, 0.2) is 48.0 Å². The summed E-state index contributed by atoms with van der Waals surface area (Å²) in [5, 5.41) is 20.2. The van der Waals surface area contributed by atoms with Gasteiger partial charge in [-0.05, 0) is 65.1 Å². The fourth-order valence-electron chi connectivity index (χ4n) is 2.14. The molecule has 1 saturated heterocycles. The molecule has 1 fully saturated rings. The number of phenols is 2. The van der Waals surface area contributed by atoms with E-state index in [4.69, 9.17) is 0 Å². The molecule has 2 aromatic rings. The topological polar surface area (TPSA) is 89.9 Å². The number of carbonyl (C=O) groups is 2. The molecule has 2 aromatic carbocycles. The van der Waals surface area contributed by atoms with Crippen molar-refractivity contribution in [2.24, 2.45) is 0 Å². The quantitative estimate of drug-likeness (QED) is 0.393. The second-order valence-electron chi connectivity index (χ2n) is 4.86. The van der Waals surface area contributed by atoms with E-state index in [1.165, 1.54) is 18.2 Å². The van der Waals surface area contributed by atoms with Crippen LogP contribution in [0.2, 0.25) is 0 Å². The Morgan fingerprint density at radius 2 is 1.74 bits per heavy atom. The third-order valence-electron chi connectivity index (χ3n) is 3.29. The molecule has 1 heterocycles. The van der Waals surface area contributed by atoms with Crippen LogP contribution in [0.5, 0.6) is 11.5 Å². The summed E-state index contributed by atoms with van der Waals surface area (Å²) in [6.07, 6.45) is 1.29. The monoisotopic (exact) mass is 422 g/mol. The fraction of sp³-hybridized carbons (Fsp3) is 0. The number of amides is 2. The van der Waals surface area contributed by atoms with Gasteiger partial charge in [0.15, 0.2) is 0 Å². The number of rotatable bonds is 2. The molecule has 0 unspecified atom stereocenters. The third kappa shape index (κ3) is 3.00. The number of hydrazine groups is 1. The van der Waals surface area contributed by atoms with Gasteiger partial charge in [0.1, 0.15) is 17.1 Å². The molecule has 3 N–H and O–H groups in total. The van der Waals surface area contributed by atoms with E-state index in [0.717, 1.165) is 14.6 Å². The Bertz CT molecular complexity index is 830. The highest BCUT2D eigenvalue weighted by molar-refractivity contribution is 14.1. The van der Waals surface area contributed by atoms with E-state index >= 15 is 0 Å². The van der Waals surface area contributed by atoms with Crippen LogP contribution in [-0.4, -0.2) is 22.0 Å². The highest BCUT2D eigenvalue weighted by atomic mass is 127. The molecule has 0 spiro atoms. The standard InChI is InChI=1S/C16H11IN2O4/c17-10-2-4-11(5-3-10)19-16(23)13(15(22)18-19)7-9-1-6-12(20)8-14(9)21/h1-8,20-21H,(H,18,22)/b13-7+. The predicted molar refractivity (Wildman–Crippen MR) is 92.5 cm³/mol. The van der Waals surface area contributed by atoms with Gasteiger partial charge in [0.2, 0.25) is 0 Å². The minimum atomic E-state index is -0.555. The molecule has 2 amide bonds. The number of benzene rings is 2. The second-order valence-corrected chi connectivity index (χ2v) is 6.10. The smallest absolute Gasteiger partial charge is 0.282 e. The SMILES string of the molecule is O=C1NN(c2ccc(I)cc2)C(=O)/C1=C/c1ccc(O)cc1O. The highest BCUT2D eigenvalue weighted by Crippen LogP contribution is 2.27. The number of halogens is 1. The highest BCUT2D eigenvalue weighted by Gasteiger charge is 2.34. The molecule has 0 saturated carbocycles. The van der Waals surface area contributed by atoms with Gasteiger partial charge in [-0.15, -0.1) is 0 Å². The van der Waals surface area contributed by atoms with Crippen molar-refractivity contribution in [2.75, 3.05) is 5.01 Å². The molecule has 1 aliphatic heterocycles. The van der Waals surface area contributed by atoms with Crippen molar-refractivity contribution in [3.05, 3.63) is 57.2 Å². The number of nitrogens with one attached hydrogen (secondary N) is 1. The van der Waals surface area contributed by atoms with E-state index in [1.54, 1.807) is 12.1 Å². The molecule has 0 radical (unpaired) electrons. The summed E-state index contributed by atoms with van der Waals surface area (Å²) in [6.45, 7) is 0. The van der Waals surface area contributed by atoms with Crippen LogP contribution in [0.1, 0.15) is 5.56 Å². The Morgan fingerprint density at radius 1 is 1.04 bits per heavy atom. The first-order valence-electron chi connectivity index (χ1n) is 6.60. The van der Waals surface area contributed by atoms with Crippen molar-refractivity contribution in [3.8, 4) is 11.5 Å². The van der Waals surface area contributed by atoms with Gasteiger partial charge in [-0.2, -0.15) is 0 Å². The Kier molecular flexibility index (Phi) is 3.95. The van der Waals surface area contributed by atoms with Crippen molar-refractivity contribution in [1.29, 1.82) is 0 Å². The van der Waals surface area contributed by atoms with E-state index in [2.05, 4.69) is 28.0 Å². The summed E-state index contributed by atoms with van der Waals surface area (Å²) in [5.41, 5.74) is 3.20. The minimum Gasteiger partial charge on any atom is -0.508 e. The number of carbonyl (C=O) groups excluding carboxylic acids is 2. The minimum absolute atomic E-state index is 0.0930. The summed E-state index contributed by atoms with van der Waals surface area (Å²) < 4.78 is 1.01. The van der Waals surface area contributed by atoms with Gasteiger partial charge in [0.05, 0.1) is 5.69 Å². The van der Waals surface area contributed by atoms with Crippen molar-refractivity contribution in [2.45, 2.75) is 0 Å². The third-order valence-corrected chi connectivity index (χ3v) is 4.01. The zero-order chi connectivity index (χ0) is 16.6. The molecule has 3 rings (SSSR count). The molecular formula is C16H11IN2O4. The Balaban J connectivity index is 1.95. The first-order valence-corrected chi connectivity index (χ1v) is 7.68. The average Bonchev–Trinajstić information content (AvgIpc) is 2.78. The van der Waals surface area contributed by atoms with Crippen molar-refractivity contribution in [3.63, 3.8) is 0 Å². The molecule has 23 heavy (non-hydrogen) atoms. The van der Waals surface area contributed by atoms with Crippen molar-refractivity contribution >= 4 is 46.2 Å². The summed E-state index contributed by atoms with van der Waals surface area (Å²) in [4.78, 5) is 24.5. The molecule has 0 atom stereocenters.